The van der Waals surface area contributed by atoms with Crippen LogP contribution in [0, 0.1) is 17.7 Å². The second kappa shape index (κ2) is 6.09. The third kappa shape index (κ3) is 3.72. The highest BCUT2D eigenvalue weighted by atomic mass is 19.1. The first-order valence-electron chi connectivity index (χ1n) is 6.83. The maximum Gasteiger partial charge on any atom is 0.146 e. The van der Waals surface area contributed by atoms with Crippen LogP contribution in [0.4, 0.5) is 10.1 Å². The molecule has 0 saturated carbocycles. The van der Waals surface area contributed by atoms with Gasteiger partial charge in [-0.2, -0.15) is 0 Å². The molecule has 0 radical (unpaired) electrons. The van der Waals surface area contributed by atoms with Crippen LogP contribution in [0.15, 0.2) is 29.8 Å². The average Bonchev–Trinajstić information content (AvgIpc) is 2.37. The van der Waals surface area contributed by atoms with Crippen LogP contribution in [0.25, 0.3) is 0 Å². The number of hydrogen-bond acceptors (Lipinski definition) is 2. The average molecular weight is 263 g/mol. The molecule has 1 aromatic rings. The van der Waals surface area contributed by atoms with E-state index in [9.17, 15) is 4.39 Å². The fraction of sp³-hybridized carbons (Fsp3) is 0.500. The van der Waals surface area contributed by atoms with E-state index in [0.29, 0.717) is 23.3 Å². The van der Waals surface area contributed by atoms with Crippen molar-refractivity contribution < 1.29 is 9.13 Å². The standard InChI is InChI=1S/C16H22FNO/c1-11-6-12(2)8-13(7-11)10-18-16-9-14(19-3)4-5-15(16)17/h4-6,9,11,13,18H,7-8,10H2,1-3H3. The summed E-state index contributed by atoms with van der Waals surface area (Å²) in [6, 6.07) is 4.79. The lowest BCUT2D eigenvalue weighted by atomic mass is 9.84. The molecule has 0 amide bonds. The number of nitrogens with one attached hydrogen (secondary N) is 1. The number of anilines is 1. The predicted octanol–water partition coefficient (Wildman–Crippen LogP) is 4.24. The molecule has 3 heteroatoms. The summed E-state index contributed by atoms with van der Waals surface area (Å²) in [6.45, 7) is 5.22. The zero-order chi connectivity index (χ0) is 13.8. The summed E-state index contributed by atoms with van der Waals surface area (Å²) in [5.74, 6) is 1.65. The number of hydrogen-bond donors (Lipinski definition) is 1. The molecule has 2 unspecified atom stereocenters. The molecule has 0 bridgehead atoms. The van der Waals surface area contributed by atoms with Crippen molar-refractivity contribution >= 4 is 5.69 Å². The lowest BCUT2D eigenvalue weighted by Crippen LogP contribution is -2.20. The van der Waals surface area contributed by atoms with Gasteiger partial charge in [0.1, 0.15) is 11.6 Å². The Morgan fingerprint density at radius 2 is 2.21 bits per heavy atom. The maximum atomic E-state index is 13.7. The number of halogens is 1. The van der Waals surface area contributed by atoms with Crippen LogP contribution in [-0.2, 0) is 0 Å². The van der Waals surface area contributed by atoms with Gasteiger partial charge >= 0.3 is 0 Å². The van der Waals surface area contributed by atoms with Crippen molar-refractivity contribution in [1.82, 2.24) is 0 Å². The Morgan fingerprint density at radius 1 is 1.42 bits per heavy atom. The monoisotopic (exact) mass is 263 g/mol. The van der Waals surface area contributed by atoms with Gasteiger partial charge in [-0.25, -0.2) is 4.39 Å². The summed E-state index contributed by atoms with van der Waals surface area (Å²) >= 11 is 0. The summed E-state index contributed by atoms with van der Waals surface area (Å²) < 4.78 is 18.8. The van der Waals surface area contributed by atoms with E-state index in [1.165, 1.54) is 11.6 Å². The molecular formula is C16H22FNO. The third-order valence-corrected chi connectivity index (χ3v) is 3.64. The lowest BCUT2D eigenvalue weighted by Gasteiger charge is -2.26. The molecule has 0 saturated heterocycles. The molecule has 0 aromatic heterocycles. The SMILES string of the molecule is COc1ccc(F)c(NCC2CC(C)=CC(C)C2)c1. The van der Waals surface area contributed by atoms with E-state index in [0.717, 1.165) is 19.4 Å². The Labute approximate surface area is 114 Å². The van der Waals surface area contributed by atoms with Gasteiger partial charge in [0, 0.05) is 12.6 Å². The van der Waals surface area contributed by atoms with E-state index in [4.69, 9.17) is 4.74 Å². The summed E-state index contributed by atoms with van der Waals surface area (Å²) in [4.78, 5) is 0. The van der Waals surface area contributed by atoms with Crippen molar-refractivity contribution in [3.05, 3.63) is 35.7 Å². The van der Waals surface area contributed by atoms with Gasteiger partial charge in [0.2, 0.25) is 0 Å². The van der Waals surface area contributed by atoms with E-state index in [1.54, 1.807) is 19.2 Å². The quantitative estimate of drug-likeness (QED) is 0.820. The van der Waals surface area contributed by atoms with Crippen molar-refractivity contribution in [1.29, 1.82) is 0 Å². The maximum absolute atomic E-state index is 13.7. The highest BCUT2D eigenvalue weighted by molar-refractivity contribution is 5.49. The fourth-order valence-electron chi connectivity index (χ4n) is 2.86. The van der Waals surface area contributed by atoms with Gasteiger partial charge in [0.15, 0.2) is 0 Å². The molecule has 0 heterocycles. The van der Waals surface area contributed by atoms with E-state index >= 15 is 0 Å². The molecule has 1 N–H and O–H groups in total. The minimum atomic E-state index is -0.225. The van der Waals surface area contributed by atoms with Gasteiger partial charge in [-0.3, -0.25) is 0 Å². The Morgan fingerprint density at radius 3 is 2.89 bits per heavy atom. The Balaban J connectivity index is 1.97. The normalized spacial score (nSPS) is 22.8. The van der Waals surface area contributed by atoms with Crippen molar-refractivity contribution in [2.75, 3.05) is 19.0 Å². The number of benzene rings is 1. The van der Waals surface area contributed by atoms with Crippen molar-refractivity contribution in [3.8, 4) is 5.75 Å². The van der Waals surface area contributed by atoms with Crippen LogP contribution in [-0.4, -0.2) is 13.7 Å². The minimum absolute atomic E-state index is 0.225. The number of allylic oxidation sites excluding steroid dienone is 2. The van der Waals surface area contributed by atoms with Gasteiger partial charge in [-0.1, -0.05) is 18.6 Å². The summed E-state index contributed by atoms with van der Waals surface area (Å²) in [5, 5.41) is 3.22. The number of rotatable bonds is 4. The molecule has 1 aliphatic carbocycles. The molecule has 0 spiro atoms. The van der Waals surface area contributed by atoms with Crippen LogP contribution in [0.5, 0.6) is 5.75 Å². The topological polar surface area (TPSA) is 21.3 Å². The van der Waals surface area contributed by atoms with Crippen molar-refractivity contribution in [2.45, 2.75) is 26.7 Å². The predicted molar refractivity (Wildman–Crippen MR) is 77.1 cm³/mol. The first kappa shape index (κ1) is 13.9. The van der Waals surface area contributed by atoms with Gasteiger partial charge in [-0.15, -0.1) is 0 Å². The Kier molecular flexibility index (Phi) is 4.46. The fourth-order valence-corrected chi connectivity index (χ4v) is 2.86. The van der Waals surface area contributed by atoms with Gasteiger partial charge in [0.05, 0.1) is 12.8 Å². The largest absolute Gasteiger partial charge is 0.497 e. The minimum Gasteiger partial charge on any atom is -0.497 e. The molecule has 1 aromatic carbocycles. The summed E-state index contributed by atoms with van der Waals surface area (Å²) in [7, 11) is 1.59. The highest BCUT2D eigenvalue weighted by Crippen LogP contribution is 2.29. The zero-order valence-corrected chi connectivity index (χ0v) is 11.9. The summed E-state index contributed by atoms with van der Waals surface area (Å²) in [6.07, 6.45) is 4.60. The summed E-state index contributed by atoms with van der Waals surface area (Å²) in [5.41, 5.74) is 1.97. The zero-order valence-electron chi connectivity index (χ0n) is 11.9. The van der Waals surface area contributed by atoms with Crippen molar-refractivity contribution in [3.63, 3.8) is 0 Å². The first-order valence-corrected chi connectivity index (χ1v) is 6.83. The Bertz CT molecular complexity index is 470. The van der Waals surface area contributed by atoms with Gasteiger partial charge < -0.3 is 10.1 Å². The molecular weight excluding hydrogens is 241 g/mol. The molecule has 1 aliphatic rings. The molecule has 104 valence electrons. The first-order chi connectivity index (χ1) is 9.08. The second-order valence-electron chi connectivity index (χ2n) is 5.52. The Hall–Kier alpha value is -1.51. The van der Waals surface area contributed by atoms with Crippen LogP contribution in [0.3, 0.4) is 0 Å². The molecule has 19 heavy (non-hydrogen) atoms. The number of methoxy groups -OCH3 is 1. The smallest absolute Gasteiger partial charge is 0.146 e. The van der Waals surface area contributed by atoms with E-state index < -0.39 is 0 Å². The molecule has 2 atom stereocenters. The van der Waals surface area contributed by atoms with E-state index in [-0.39, 0.29) is 5.82 Å². The van der Waals surface area contributed by atoms with Crippen LogP contribution < -0.4 is 10.1 Å². The van der Waals surface area contributed by atoms with Crippen LogP contribution in [0.1, 0.15) is 26.7 Å². The second-order valence-corrected chi connectivity index (χ2v) is 5.52. The van der Waals surface area contributed by atoms with Crippen LogP contribution in [0.2, 0.25) is 0 Å². The highest BCUT2D eigenvalue weighted by Gasteiger charge is 2.18. The van der Waals surface area contributed by atoms with Crippen molar-refractivity contribution in [2.24, 2.45) is 11.8 Å². The third-order valence-electron chi connectivity index (χ3n) is 3.64. The molecule has 0 fully saturated rings. The molecule has 0 aliphatic heterocycles. The van der Waals surface area contributed by atoms with E-state index in [1.807, 2.05) is 0 Å². The van der Waals surface area contributed by atoms with Gasteiger partial charge in [0.25, 0.3) is 0 Å². The molecule has 2 nitrogen and oxygen atoms in total. The van der Waals surface area contributed by atoms with Crippen LogP contribution >= 0.6 is 0 Å². The number of ether oxygens (including phenoxy) is 1. The lowest BCUT2D eigenvalue weighted by molar-refractivity contribution is 0.412. The molecule has 2 rings (SSSR count). The van der Waals surface area contributed by atoms with E-state index in [2.05, 4.69) is 25.2 Å². The van der Waals surface area contributed by atoms with Gasteiger partial charge in [-0.05, 0) is 43.7 Å².